The van der Waals surface area contributed by atoms with Gasteiger partial charge in [0.25, 0.3) is 0 Å². The van der Waals surface area contributed by atoms with E-state index < -0.39 is 0 Å². The molecule has 0 spiro atoms. The van der Waals surface area contributed by atoms with Crippen molar-refractivity contribution in [3.8, 4) is 6.07 Å². The molecule has 1 aliphatic carbocycles. The van der Waals surface area contributed by atoms with E-state index >= 15 is 0 Å². The fourth-order valence-corrected chi connectivity index (χ4v) is 2.25. The molecule has 2 N–H and O–H groups in total. The minimum absolute atomic E-state index is 0.466. The van der Waals surface area contributed by atoms with Crippen molar-refractivity contribution in [1.29, 1.82) is 5.26 Å². The first-order valence-electron chi connectivity index (χ1n) is 6.00. The van der Waals surface area contributed by atoms with Crippen molar-refractivity contribution in [3.63, 3.8) is 0 Å². The minimum atomic E-state index is 0.466. The molecule has 1 atom stereocenters. The monoisotopic (exact) mass is 230 g/mol. The van der Waals surface area contributed by atoms with Crippen LogP contribution >= 0.6 is 0 Å². The largest absolute Gasteiger partial charge is 0.329 e. The highest BCUT2D eigenvalue weighted by molar-refractivity contribution is 5.25. The molecule has 0 radical (unpaired) electrons. The van der Waals surface area contributed by atoms with Gasteiger partial charge in [-0.2, -0.15) is 5.26 Å². The Hall–Kier alpha value is -1.44. The fourth-order valence-electron chi connectivity index (χ4n) is 2.25. The Labute approximate surface area is 102 Å². The number of nitriles is 1. The lowest BCUT2D eigenvalue weighted by Crippen LogP contribution is -2.39. The van der Waals surface area contributed by atoms with Gasteiger partial charge in [0.05, 0.1) is 0 Å². The average Bonchev–Trinajstić information content (AvgIpc) is 3.15. The van der Waals surface area contributed by atoms with Crippen LogP contribution in [0.3, 0.4) is 0 Å². The molecule has 4 heteroatoms. The maximum Gasteiger partial charge on any atom is 0.140 e. The molecular formula is C13H18N4. The number of rotatable bonds is 5. The van der Waals surface area contributed by atoms with Crippen LogP contribution in [-0.2, 0) is 6.54 Å². The number of hydrogen-bond donors (Lipinski definition) is 1. The van der Waals surface area contributed by atoms with Crippen molar-refractivity contribution in [2.24, 2.45) is 11.7 Å². The average molecular weight is 230 g/mol. The summed E-state index contributed by atoms with van der Waals surface area (Å²) in [5, 5.41) is 8.80. The molecule has 0 amide bonds. The van der Waals surface area contributed by atoms with E-state index in [0.29, 0.717) is 18.3 Å². The Kier molecular flexibility index (Phi) is 3.72. The van der Waals surface area contributed by atoms with Crippen LogP contribution in [0.15, 0.2) is 18.3 Å². The Morgan fingerprint density at radius 2 is 2.41 bits per heavy atom. The van der Waals surface area contributed by atoms with Gasteiger partial charge in [-0.1, -0.05) is 0 Å². The van der Waals surface area contributed by atoms with Gasteiger partial charge in [0.15, 0.2) is 0 Å². The summed E-state index contributed by atoms with van der Waals surface area (Å²) in [5.41, 5.74) is 7.42. The van der Waals surface area contributed by atoms with E-state index in [4.69, 9.17) is 11.0 Å². The molecule has 0 saturated heterocycles. The first kappa shape index (κ1) is 12.0. The second-order valence-corrected chi connectivity index (χ2v) is 4.72. The highest BCUT2D eigenvalue weighted by Gasteiger charge is 2.32. The molecule has 4 nitrogen and oxygen atoms in total. The third-order valence-corrected chi connectivity index (χ3v) is 3.34. The van der Waals surface area contributed by atoms with Gasteiger partial charge in [0.1, 0.15) is 11.8 Å². The molecule has 17 heavy (non-hydrogen) atoms. The SMILES string of the molecule is CN(Cc1ccnc(C#N)c1)C(CN)C1CC1. The summed E-state index contributed by atoms with van der Waals surface area (Å²) in [6.07, 6.45) is 4.29. The molecule has 1 aliphatic rings. The van der Waals surface area contributed by atoms with Crippen LogP contribution in [-0.4, -0.2) is 29.5 Å². The van der Waals surface area contributed by atoms with Crippen LogP contribution in [0.4, 0.5) is 0 Å². The number of likely N-dealkylation sites (N-methyl/N-ethyl adjacent to an activating group) is 1. The summed E-state index contributed by atoms with van der Waals surface area (Å²) in [6, 6.07) is 6.33. The molecule has 90 valence electrons. The van der Waals surface area contributed by atoms with E-state index in [-0.39, 0.29) is 0 Å². The van der Waals surface area contributed by atoms with Gasteiger partial charge in [-0.05, 0) is 43.5 Å². The third kappa shape index (κ3) is 3.02. The molecule has 1 fully saturated rings. The minimum Gasteiger partial charge on any atom is -0.329 e. The topological polar surface area (TPSA) is 65.9 Å². The Morgan fingerprint density at radius 1 is 1.65 bits per heavy atom. The van der Waals surface area contributed by atoms with Crippen LogP contribution in [0.5, 0.6) is 0 Å². The fraction of sp³-hybridized carbons (Fsp3) is 0.538. The van der Waals surface area contributed by atoms with Crippen molar-refractivity contribution in [2.45, 2.75) is 25.4 Å². The van der Waals surface area contributed by atoms with Gasteiger partial charge >= 0.3 is 0 Å². The Morgan fingerprint density at radius 3 is 3.00 bits per heavy atom. The van der Waals surface area contributed by atoms with E-state index in [0.717, 1.165) is 18.0 Å². The molecule has 1 saturated carbocycles. The second kappa shape index (κ2) is 5.26. The molecule has 1 heterocycles. The lowest BCUT2D eigenvalue weighted by molar-refractivity contribution is 0.215. The third-order valence-electron chi connectivity index (χ3n) is 3.34. The Bertz CT molecular complexity index is 420. The van der Waals surface area contributed by atoms with Gasteiger partial charge in [-0.3, -0.25) is 4.90 Å². The highest BCUT2D eigenvalue weighted by atomic mass is 15.1. The molecule has 0 aliphatic heterocycles. The first-order valence-corrected chi connectivity index (χ1v) is 6.00. The summed E-state index contributed by atoms with van der Waals surface area (Å²) in [4.78, 5) is 6.26. The van der Waals surface area contributed by atoms with Crippen LogP contribution in [0.2, 0.25) is 0 Å². The molecule has 1 unspecified atom stereocenters. The molecule has 0 bridgehead atoms. The quantitative estimate of drug-likeness (QED) is 0.823. The standard InChI is InChI=1S/C13H18N4/c1-17(13(8-15)11-2-3-11)9-10-4-5-16-12(6-10)7-14/h4-6,11,13H,2-3,8-9,15H2,1H3. The zero-order chi connectivity index (χ0) is 12.3. The predicted octanol–water partition coefficient (Wildman–Crippen LogP) is 1.12. The van der Waals surface area contributed by atoms with E-state index in [9.17, 15) is 0 Å². The summed E-state index contributed by atoms with van der Waals surface area (Å²) >= 11 is 0. The van der Waals surface area contributed by atoms with Gasteiger partial charge < -0.3 is 5.73 Å². The van der Waals surface area contributed by atoms with Crippen LogP contribution in [0.1, 0.15) is 24.1 Å². The number of aromatic nitrogens is 1. The summed E-state index contributed by atoms with van der Waals surface area (Å²) in [6.45, 7) is 1.53. The van der Waals surface area contributed by atoms with Crippen LogP contribution in [0.25, 0.3) is 0 Å². The predicted molar refractivity (Wildman–Crippen MR) is 66.0 cm³/mol. The van der Waals surface area contributed by atoms with Crippen molar-refractivity contribution in [2.75, 3.05) is 13.6 Å². The molecule has 1 aromatic rings. The van der Waals surface area contributed by atoms with Crippen molar-refractivity contribution < 1.29 is 0 Å². The Balaban J connectivity index is 2.01. The smallest absolute Gasteiger partial charge is 0.140 e. The van der Waals surface area contributed by atoms with Gasteiger partial charge in [-0.15, -0.1) is 0 Å². The lowest BCUT2D eigenvalue weighted by Gasteiger charge is -2.26. The number of nitrogens with zero attached hydrogens (tertiary/aromatic N) is 3. The van der Waals surface area contributed by atoms with Gasteiger partial charge in [0, 0.05) is 25.3 Å². The first-order chi connectivity index (χ1) is 8.24. The van der Waals surface area contributed by atoms with Crippen molar-refractivity contribution >= 4 is 0 Å². The van der Waals surface area contributed by atoms with E-state index in [1.54, 1.807) is 6.20 Å². The highest BCUT2D eigenvalue weighted by Crippen LogP contribution is 2.34. The summed E-state index contributed by atoms with van der Waals surface area (Å²) < 4.78 is 0. The molecule has 1 aromatic heterocycles. The van der Waals surface area contributed by atoms with Crippen molar-refractivity contribution in [1.82, 2.24) is 9.88 Å². The summed E-state index contributed by atoms with van der Waals surface area (Å²) in [5.74, 6) is 0.766. The maximum absolute atomic E-state index is 8.80. The summed E-state index contributed by atoms with van der Waals surface area (Å²) in [7, 11) is 2.10. The zero-order valence-corrected chi connectivity index (χ0v) is 10.1. The van der Waals surface area contributed by atoms with Crippen LogP contribution < -0.4 is 5.73 Å². The number of hydrogen-bond acceptors (Lipinski definition) is 4. The molecular weight excluding hydrogens is 212 g/mol. The molecule has 0 aromatic carbocycles. The maximum atomic E-state index is 8.80. The lowest BCUT2D eigenvalue weighted by atomic mass is 10.1. The van der Waals surface area contributed by atoms with Crippen LogP contribution in [0, 0.1) is 17.2 Å². The van der Waals surface area contributed by atoms with Crippen molar-refractivity contribution in [3.05, 3.63) is 29.6 Å². The van der Waals surface area contributed by atoms with Gasteiger partial charge in [-0.25, -0.2) is 4.98 Å². The zero-order valence-electron chi connectivity index (χ0n) is 10.1. The van der Waals surface area contributed by atoms with E-state index in [1.807, 2.05) is 12.1 Å². The second-order valence-electron chi connectivity index (χ2n) is 4.72. The molecule has 2 rings (SSSR count). The number of pyridine rings is 1. The number of nitrogens with two attached hydrogens (primary N) is 1. The van der Waals surface area contributed by atoms with E-state index in [2.05, 4.69) is 23.0 Å². The van der Waals surface area contributed by atoms with Gasteiger partial charge in [0.2, 0.25) is 0 Å². The normalized spacial score (nSPS) is 16.8. The van der Waals surface area contributed by atoms with E-state index in [1.165, 1.54) is 12.8 Å².